The van der Waals surface area contributed by atoms with E-state index in [0.717, 1.165) is 32.1 Å². The second-order valence-corrected chi connectivity index (χ2v) is 4.28. The maximum atomic E-state index is 11.4. The second-order valence-electron chi connectivity index (χ2n) is 4.28. The largest absolute Gasteiger partial charge is 0.480 e. The Hall–Kier alpha value is -1.26. The molecule has 0 bridgehead atoms. The van der Waals surface area contributed by atoms with Gasteiger partial charge < -0.3 is 15.7 Å². The number of unbranched alkanes of at least 4 members (excludes halogenated alkanes) is 1. The Morgan fingerprint density at radius 1 is 1.44 bits per heavy atom. The van der Waals surface area contributed by atoms with Crippen LogP contribution in [-0.4, -0.2) is 29.2 Å². The first-order valence-electron chi connectivity index (χ1n) is 5.93. The predicted octanol–water partition coefficient (Wildman–Crippen LogP) is 1.48. The van der Waals surface area contributed by atoms with Gasteiger partial charge in [0.15, 0.2) is 0 Å². The number of amides is 2. The molecule has 1 atom stereocenters. The lowest BCUT2D eigenvalue weighted by molar-refractivity contribution is -0.139. The van der Waals surface area contributed by atoms with Crippen molar-refractivity contribution < 1.29 is 14.7 Å². The van der Waals surface area contributed by atoms with Crippen LogP contribution in [0.2, 0.25) is 0 Å². The summed E-state index contributed by atoms with van der Waals surface area (Å²) in [7, 11) is 0. The van der Waals surface area contributed by atoms with Crippen LogP contribution in [0.5, 0.6) is 0 Å². The van der Waals surface area contributed by atoms with Crippen molar-refractivity contribution >= 4 is 12.0 Å². The maximum Gasteiger partial charge on any atom is 0.326 e. The summed E-state index contributed by atoms with van der Waals surface area (Å²) in [6.07, 6.45) is 5.36. The number of carbonyl (C=O) groups excluding carboxylic acids is 1. The number of aliphatic carboxylic acids is 1. The Kier molecular flexibility index (Phi) is 5.08. The van der Waals surface area contributed by atoms with Gasteiger partial charge in [0, 0.05) is 6.04 Å². The lowest BCUT2D eigenvalue weighted by atomic mass is 9.93. The van der Waals surface area contributed by atoms with Crippen LogP contribution >= 0.6 is 0 Å². The highest BCUT2D eigenvalue weighted by molar-refractivity contribution is 5.82. The normalized spacial score (nSPS) is 17.3. The van der Waals surface area contributed by atoms with Gasteiger partial charge in [0.2, 0.25) is 0 Å². The van der Waals surface area contributed by atoms with Crippen molar-refractivity contribution in [2.75, 3.05) is 0 Å². The number of hydrogen-bond acceptors (Lipinski definition) is 2. The van der Waals surface area contributed by atoms with Crippen molar-refractivity contribution in [3.63, 3.8) is 0 Å². The van der Waals surface area contributed by atoms with Crippen molar-refractivity contribution in [2.45, 2.75) is 57.5 Å². The third-order valence-electron chi connectivity index (χ3n) is 2.89. The summed E-state index contributed by atoms with van der Waals surface area (Å²) >= 11 is 0. The molecular weight excluding hydrogens is 208 g/mol. The third-order valence-corrected chi connectivity index (χ3v) is 2.89. The van der Waals surface area contributed by atoms with Crippen LogP contribution in [0, 0.1) is 0 Å². The monoisotopic (exact) mass is 228 g/mol. The SMILES string of the molecule is CCCCC(NC(=O)NC1CCC1)C(=O)O. The van der Waals surface area contributed by atoms with E-state index in [0.29, 0.717) is 6.42 Å². The molecule has 0 radical (unpaired) electrons. The molecule has 0 spiro atoms. The molecule has 0 aromatic heterocycles. The van der Waals surface area contributed by atoms with E-state index in [1.54, 1.807) is 0 Å². The highest BCUT2D eigenvalue weighted by atomic mass is 16.4. The van der Waals surface area contributed by atoms with Crippen LogP contribution in [0.3, 0.4) is 0 Å². The van der Waals surface area contributed by atoms with E-state index in [1.165, 1.54) is 0 Å². The first-order chi connectivity index (χ1) is 7.63. The molecular formula is C11H20N2O3. The van der Waals surface area contributed by atoms with Crippen molar-refractivity contribution in [1.29, 1.82) is 0 Å². The number of hydrogen-bond donors (Lipinski definition) is 3. The third kappa shape index (κ3) is 4.08. The first-order valence-corrected chi connectivity index (χ1v) is 5.93. The van der Waals surface area contributed by atoms with Crippen molar-refractivity contribution in [1.82, 2.24) is 10.6 Å². The van der Waals surface area contributed by atoms with Crippen LogP contribution in [0.4, 0.5) is 4.79 Å². The van der Waals surface area contributed by atoms with Gasteiger partial charge in [-0.1, -0.05) is 19.8 Å². The summed E-state index contributed by atoms with van der Waals surface area (Å²) in [4.78, 5) is 22.3. The van der Waals surface area contributed by atoms with Gasteiger partial charge in [0.1, 0.15) is 6.04 Å². The fourth-order valence-electron chi connectivity index (χ4n) is 1.60. The first kappa shape index (κ1) is 12.8. The molecule has 2 amide bonds. The minimum Gasteiger partial charge on any atom is -0.480 e. The molecule has 0 saturated heterocycles. The molecule has 3 N–H and O–H groups in total. The van der Waals surface area contributed by atoms with Crippen LogP contribution < -0.4 is 10.6 Å². The average molecular weight is 228 g/mol. The Morgan fingerprint density at radius 2 is 2.12 bits per heavy atom. The number of carboxylic acid groups (broad SMARTS) is 1. The number of nitrogens with one attached hydrogen (secondary N) is 2. The van der Waals surface area contributed by atoms with Gasteiger partial charge >= 0.3 is 12.0 Å². The maximum absolute atomic E-state index is 11.4. The molecule has 1 unspecified atom stereocenters. The van der Waals surface area contributed by atoms with Gasteiger partial charge in [-0.3, -0.25) is 0 Å². The van der Waals surface area contributed by atoms with E-state index in [1.807, 2.05) is 6.92 Å². The molecule has 0 aliphatic heterocycles. The quantitative estimate of drug-likeness (QED) is 0.644. The zero-order valence-corrected chi connectivity index (χ0v) is 9.66. The minimum absolute atomic E-state index is 0.237. The molecule has 92 valence electrons. The Balaban J connectivity index is 2.28. The average Bonchev–Trinajstić information content (AvgIpc) is 2.18. The summed E-state index contributed by atoms with van der Waals surface area (Å²) in [5.41, 5.74) is 0. The second kappa shape index (κ2) is 6.35. The highest BCUT2D eigenvalue weighted by Crippen LogP contribution is 2.17. The fraction of sp³-hybridized carbons (Fsp3) is 0.818. The van der Waals surface area contributed by atoms with Crippen LogP contribution in [0.1, 0.15) is 45.4 Å². The summed E-state index contributed by atoms with van der Waals surface area (Å²) in [6.45, 7) is 1.99. The fourth-order valence-corrected chi connectivity index (χ4v) is 1.60. The Bertz CT molecular complexity index is 252. The standard InChI is InChI=1S/C11H20N2O3/c1-2-3-7-9(10(14)15)13-11(16)12-8-5-4-6-8/h8-9H,2-7H2,1H3,(H,14,15)(H2,12,13,16). The highest BCUT2D eigenvalue weighted by Gasteiger charge is 2.23. The zero-order valence-electron chi connectivity index (χ0n) is 9.66. The molecule has 0 heterocycles. The van der Waals surface area contributed by atoms with Crippen molar-refractivity contribution in [3.8, 4) is 0 Å². The molecule has 1 aliphatic carbocycles. The molecule has 5 nitrogen and oxygen atoms in total. The topological polar surface area (TPSA) is 78.4 Å². The molecule has 0 aromatic carbocycles. The van der Waals surface area contributed by atoms with Crippen LogP contribution in [0.15, 0.2) is 0 Å². The summed E-state index contributed by atoms with van der Waals surface area (Å²) in [6, 6.07) is -0.881. The number of urea groups is 1. The van der Waals surface area contributed by atoms with Gasteiger partial charge in [-0.15, -0.1) is 0 Å². The molecule has 0 aromatic rings. The minimum atomic E-state index is -0.961. The van der Waals surface area contributed by atoms with Gasteiger partial charge in [-0.25, -0.2) is 9.59 Å². The van der Waals surface area contributed by atoms with E-state index < -0.39 is 12.0 Å². The van der Waals surface area contributed by atoms with Crippen LogP contribution in [0.25, 0.3) is 0 Å². The summed E-state index contributed by atoms with van der Waals surface area (Å²) in [5.74, 6) is -0.961. The van der Waals surface area contributed by atoms with E-state index >= 15 is 0 Å². The van der Waals surface area contributed by atoms with Crippen molar-refractivity contribution in [2.24, 2.45) is 0 Å². The summed E-state index contributed by atoms with van der Waals surface area (Å²) in [5, 5.41) is 14.2. The molecule has 1 saturated carbocycles. The molecule has 1 aliphatic rings. The van der Waals surface area contributed by atoms with E-state index in [2.05, 4.69) is 10.6 Å². The number of carbonyl (C=O) groups is 2. The van der Waals surface area contributed by atoms with Crippen LogP contribution in [-0.2, 0) is 4.79 Å². The predicted molar refractivity (Wildman–Crippen MR) is 60.3 cm³/mol. The molecule has 5 heteroatoms. The lowest BCUT2D eigenvalue weighted by Gasteiger charge is -2.27. The van der Waals surface area contributed by atoms with Crippen molar-refractivity contribution in [3.05, 3.63) is 0 Å². The van der Waals surface area contributed by atoms with E-state index in [4.69, 9.17) is 5.11 Å². The Morgan fingerprint density at radius 3 is 2.56 bits per heavy atom. The summed E-state index contributed by atoms with van der Waals surface area (Å²) < 4.78 is 0. The van der Waals surface area contributed by atoms with E-state index in [-0.39, 0.29) is 12.1 Å². The lowest BCUT2D eigenvalue weighted by Crippen LogP contribution is -2.50. The van der Waals surface area contributed by atoms with E-state index in [9.17, 15) is 9.59 Å². The van der Waals surface area contributed by atoms with Gasteiger partial charge in [0.25, 0.3) is 0 Å². The molecule has 16 heavy (non-hydrogen) atoms. The molecule has 1 rings (SSSR count). The van der Waals surface area contributed by atoms with Gasteiger partial charge in [-0.2, -0.15) is 0 Å². The number of carboxylic acids is 1. The number of rotatable bonds is 6. The van der Waals surface area contributed by atoms with Gasteiger partial charge in [-0.05, 0) is 25.7 Å². The smallest absolute Gasteiger partial charge is 0.326 e. The Labute approximate surface area is 95.6 Å². The zero-order chi connectivity index (χ0) is 12.0. The molecule has 1 fully saturated rings. The van der Waals surface area contributed by atoms with Gasteiger partial charge in [0.05, 0.1) is 0 Å².